The van der Waals surface area contributed by atoms with Crippen molar-refractivity contribution in [2.45, 2.75) is 26.3 Å². The van der Waals surface area contributed by atoms with Crippen molar-refractivity contribution in [3.05, 3.63) is 29.8 Å². The standard InChI is InChI=1S/C14H22N2O3S2/c1-4-21(18,19)16-13(9-10-20-3)14(17)15-12-8-6-5-7-11(12)2/h5-8,13,16H,4,9-10H2,1-3H3,(H,15,17)/t13-/m1/s1. The molecule has 7 heteroatoms. The van der Waals surface area contributed by atoms with Crippen LogP contribution in [0.25, 0.3) is 0 Å². The quantitative estimate of drug-likeness (QED) is 0.764. The maximum Gasteiger partial charge on any atom is 0.242 e. The molecule has 0 saturated heterocycles. The van der Waals surface area contributed by atoms with E-state index in [1.54, 1.807) is 24.8 Å². The molecule has 2 N–H and O–H groups in total. The van der Waals surface area contributed by atoms with Gasteiger partial charge in [0, 0.05) is 5.69 Å². The zero-order valence-corrected chi connectivity index (χ0v) is 14.2. The minimum atomic E-state index is -3.42. The van der Waals surface area contributed by atoms with Crippen LogP contribution in [0.3, 0.4) is 0 Å². The molecule has 0 spiro atoms. The molecule has 1 amide bonds. The first kappa shape index (κ1) is 18.0. The number of rotatable bonds is 8. The lowest BCUT2D eigenvalue weighted by atomic mass is 10.1. The second kappa shape index (κ2) is 8.41. The van der Waals surface area contributed by atoms with Crippen molar-refractivity contribution in [1.82, 2.24) is 4.72 Å². The van der Waals surface area contributed by atoms with Gasteiger partial charge in [-0.15, -0.1) is 0 Å². The van der Waals surface area contributed by atoms with Crippen LogP contribution >= 0.6 is 11.8 Å². The van der Waals surface area contributed by atoms with Crippen molar-refractivity contribution in [3.63, 3.8) is 0 Å². The van der Waals surface area contributed by atoms with Crippen molar-refractivity contribution in [2.24, 2.45) is 0 Å². The van der Waals surface area contributed by atoms with Gasteiger partial charge in [0.05, 0.1) is 5.75 Å². The molecule has 1 rings (SSSR count). The maximum atomic E-state index is 12.3. The van der Waals surface area contributed by atoms with Crippen molar-refractivity contribution >= 4 is 33.4 Å². The van der Waals surface area contributed by atoms with Gasteiger partial charge in [0.25, 0.3) is 0 Å². The van der Waals surface area contributed by atoms with Gasteiger partial charge in [-0.25, -0.2) is 13.1 Å². The van der Waals surface area contributed by atoms with E-state index in [9.17, 15) is 13.2 Å². The Labute approximate surface area is 130 Å². The van der Waals surface area contributed by atoms with Crippen LogP contribution in [0.1, 0.15) is 18.9 Å². The Balaban J connectivity index is 2.82. The van der Waals surface area contributed by atoms with Gasteiger partial charge in [-0.2, -0.15) is 11.8 Å². The second-order valence-corrected chi connectivity index (χ2v) is 7.69. The molecule has 0 bridgehead atoms. The lowest BCUT2D eigenvalue weighted by Gasteiger charge is -2.18. The normalized spacial score (nSPS) is 12.9. The van der Waals surface area contributed by atoms with Crippen LogP contribution in [0.4, 0.5) is 5.69 Å². The third kappa shape index (κ3) is 6.07. The minimum absolute atomic E-state index is 0.0413. The number of sulfonamides is 1. The summed E-state index contributed by atoms with van der Waals surface area (Å²) in [4.78, 5) is 12.3. The van der Waals surface area contributed by atoms with Crippen molar-refractivity contribution in [2.75, 3.05) is 23.1 Å². The fraction of sp³-hybridized carbons (Fsp3) is 0.500. The summed E-state index contributed by atoms with van der Waals surface area (Å²) in [5.41, 5.74) is 1.64. The van der Waals surface area contributed by atoms with Crippen molar-refractivity contribution in [1.29, 1.82) is 0 Å². The number of nitrogens with one attached hydrogen (secondary N) is 2. The highest BCUT2D eigenvalue weighted by atomic mass is 32.2. The summed E-state index contributed by atoms with van der Waals surface area (Å²) in [5.74, 6) is 0.341. The zero-order chi connectivity index (χ0) is 15.9. The fourth-order valence-electron chi connectivity index (χ4n) is 1.71. The number of aryl methyl sites for hydroxylation is 1. The number of hydrogen-bond donors (Lipinski definition) is 2. The number of para-hydroxylation sites is 1. The highest BCUT2D eigenvalue weighted by molar-refractivity contribution is 7.98. The lowest BCUT2D eigenvalue weighted by molar-refractivity contribution is -0.117. The number of anilines is 1. The van der Waals surface area contributed by atoms with Crippen LogP contribution in [0.2, 0.25) is 0 Å². The Morgan fingerprint density at radius 2 is 2.00 bits per heavy atom. The first-order valence-corrected chi connectivity index (χ1v) is 9.79. The third-order valence-corrected chi connectivity index (χ3v) is 5.08. The van der Waals surface area contributed by atoms with E-state index in [4.69, 9.17) is 0 Å². The zero-order valence-electron chi connectivity index (χ0n) is 12.5. The Kier molecular flexibility index (Phi) is 7.21. The van der Waals surface area contributed by atoms with Crippen molar-refractivity contribution < 1.29 is 13.2 Å². The summed E-state index contributed by atoms with van der Waals surface area (Å²) in [6, 6.07) is 6.66. The molecule has 0 heterocycles. The molecular weight excluding hydrogens is 308 g/mol. The van der Waals surface area contributed by atoms with Crippen LogP contribution in [-0.4, -0.2) is 38.1 Å². The topological polar surface area (TPSA) is 75.3 Å². The van der Waals surface area contributed by atoms with E-state index in [1.807, 2.05) is 31.4 Å². The summed E-state index contributed by atoms with van der Waals surface area (Å²) < 4.78 is 25.9. The van der Waals surface area contributed by atoms with Crippen molar-refractivity contribution in [3.8, 4) is 0 Å². The molecule has 0 aliphatic heterocycles. The number of hydrogen-bond acceptors (Lipinski definition) is 4. The SMILES string of the molecule is CCS(=O)(=O)N[C@H](CCSC)C(=O)Nc1ccccc1C. The average Bonchev–Trinajstić information content (AvgIpc) is 2.45. The monoisotopic (exact) mass is 330 g/mol. The van der Waals surface area contributed by atoms with Gasteiger partial charge in [-0.05, 0) is 43.9 Å². The number of thioether (sulfide) groups is 1. The van der Waals surface area contributed by atoms with Crippen LogP contribution in [0, 0.1) is 6.92 Å². The first-order chi connectivity index (χ1) is 9.89. The Bertz CT molecular complexity index is 573. The molecular formula is C14H22N2O3S2. The van der Waals surface area contributed by atoms with E-state index in [-0.39, 0.29) is 11.7 Å². The molecule has 0 saturated carbocycles. The molecule has 0 fully saturated rings. The predicted octanol–water partition coefficient (Wildman–Crippen LogP) is 1.99. The number of amides is 1. The Hall–Kier alpha value is -1.05. The molecule has 1 atom stereocenters. The Morgan fingerprint density at radius 1 is 1.33 bits per heavy atom. The fourth-order valence-corrected chi connectivity index (χ4v) is 3.01. The second-order valence-electron chi connectivity index (χ2n) is 4.66. The molecule has 5 nitrogen and oxygen atoms in total. The van der Waals surface area contributed by atoms with Gasteiger partial charge >= 0.3 is 0 Å². The van der Waals surface area contributed by atoms with Gasteiger partial charge in [-0.1, -0.05) is 18.2 Å². The van der Waals surface area contributed by atoms with Gasteiger partial charge in [0.2, 0.25) is 15.9 Å². The molecule has 118 valence electrons. The summed E-state index contributed by atoms with van der Waals surface area (Å²) in [6.45, 7) is 3.44. The predicted molar refractivity (Wildman–Crippen MR) is 89.2 cm³/mol. The van der Waals surface area contributed by atoms with Crippen LogP contribution in [0.15, 0.2) is 24.3 Å². The number of carbonyl (C=O) groups excluding carboxylic acids is 1. The summed E-state index contributed by atoms with van der Waals surface area (Å²) in [7, 11) is -3.42. The molecule has 0 aliphatic rings. The van der Waals surface area contributed by atoms with E-state index in [0.29, 0.717) is 17.9 Å². The number of benzene rings is 1. The molecule has 0 unspecified atom stereocenters. The van der Waals surface area contributed by atoms with Crippen LogP contribution < -0.4 is 10.0 Å². The summed E-state index contributed by atoms with van der Waals surface area (Å²) in [6.07, 6.45) is 2.38. The summed E-state index contributed by atoms with van der Waals surface area (Å²) in [5, 5.41) is 2.79. The molecule has 21 heavy (non-hydrogen) atoms. The summed E-state index contributed by atoms with van der Waals surface area (Å²) >= 11 is 1.58. The van der Waals surface area contributed by atoms with E-state index < -0.39 is 16.1 Å². The first-order valence-electron chi connectivity index (χ1n) is 6.75. The maximum absolute atomic E-state index is 12.3. The van der Waals surface area contributed by atoms with E-state index in [2.05, 4.69) is 10.0 Å². The van der Waals surface area contributed by atoms with Crippen LogP contribution in [-0.2, 0) is 14.8 Å². The minimum Gasteiger partial charge on any atom is -0.324 e. The van der Waals surface area contributed by atoms with Crippen LogP contribution in [0.5, 0.6) is 0 Å². The van der Waals surface area contributed by atoms with Gasteiger partial charge in [0.15, 0.2) is 0 Å². The third-order valence-electron chi connectivity index (χ3n) is 3.03. The van der Waals surface area contributed by atoms with E-state index in [0.717, 1.165) is 5.56 Å². The van der Waals surface area contributed by atoms with Gasteiger partial charge in [-0.3, -0.25) is 4.79 Å². The molecule has 0 aliphatic carbocycles. The average molecular weight is 330 g/mol. The van der Waals surface area contributed by atoms with Gasteiger partial charge < -0.3 is 5.32 Å². The highest BCUT2D eigenvalue weighted by Crippen LogP contribution is 2.14. The molecule has 1 aromatic carbocycles. The molecule has 0 radical (unpaired) electrons. The molecule has 0 aromatic heterocycles. The largest absolute Gasteiger partial charge is 0.324 e. The van der Waals surface area contributed by atoms with Gasteiger partial charge in [0.1, 0.15) is 6.04 Å². The van der Waals surface area contributed by atoms with E-state index >= 15 is 0 Å². The van der Waals surface area contributed by atoms with E-state index in [1.165, 1.54) is 0 Å². The lowest BCUT2D eigenvalue weighted by Crippen LogP contribution is -2.44. The smallest absolute Gasteiger partial charge is 0.242 e. The Morgan fingerprint density at radius 3 is 2.57 bits per heavy atom. The highest BCUT2D eigenvalue weighted by Gasteiger charge is 2.23. The molecule has 1 aromatic rings. The number of carbonyl (C=O) groups is 1.